The number of aromatic nitrogens is 4. The molecule has 0 bridgehead atoms. The van der Waals surface area contributed by atoms with Crippen LogP contribution in [0, 0.1) is 0 Å². The molecule has 7 heteroatoms. The molecule has 3 aromatic carbocycles. The SMILES string of the molecule is CCc1ccccc1-n1c(SCc2nc(N)c3ccccc3n2)nc2ccccc2c1=O. The molecule has 0 aliphatic heterocycles. The van der Waals surface area contributed by atoms with Crippen LogP contribution >= 0.6 is 11.8 Å². The second-order valence-corrected chi connectivity index (χ2v) is 8.31. The minimum atomic E-state index is -0.0852. The molecule has 0 amide bonds. The Morgan fingerprint density at radius 2 is 1.50 bits per heavy atom. The van der Waals surface area contributed by atoms with Crippen LogP contribution in [0.1, 0.15) is 18.3 Å². The maximum Gasteiger partial charge on any atom is 0.266 e. The molecule has 5 rings (SSSR count). The molecule has 158 valence electrons. The van der Waals surface area contributed by atoms with Gasteiger partial charge in [0.2, 0.25) is 0 Å². The van der Waals surface area contributed by atoms with E-state index in [-0.39, 0.29) is 5.56 Å². The van der Waals surface area contributed by atoms with Crippen LogP contribution in [-0.4, -0.2) is 19.5 Å². The number of para-hydroxylation sites is 3. The lowest BCUT2D eigenvalue weighted by Crippen LogP contribution is -2.22. The molecule has 0 saturated carbocycles. The van der Waals surface area contributed by atoms with Gasteiger partial charge in [-0.1, -0.05) is 61.2 Å². The summed E-state index contributed by atoms with van der Waals surface area (Å²) in [7, 11) is 0. The Labute approximate surface area is 189 Å². The largest absolute Gasteiger partial charge is 0.383 e. The van der Waals surface area contributed by atoms with E-state index in [4.69, 9.17) is 10.7 Å². The maximum absolute atomic E-state index is 13.5. The molecule has 32 heavy (non-hydrogen) atoms. The van der Waals surface area contributed by atoms with E-state index in [2.05, 4.69) is 16.9 Å². The Morgan fingerprint density at radius 1 is 0.844 bits per heavy atom. The molecule has 2 N–H and O–H groups in total. The minimum absolute atomic E-state index is 0.0852. The number of anilines is 1. The third-order valence-electron chi connectivity index (χ3n) is 5.37. The summed E-state index contributed by atoms with van der Waals surface area (Å²) < 4.78 is 1.70. The Bertz CT molecular complexity index is 1510. The predicted octanol–water partition coefficient (Wildman–Crippen LogP) is 4.77. The van der Waals surface area contributed by atoms with Gasteiger partial charge < -0.3 is 5.73 Å². The molecule has 0 radical (unpaired) electrons. The summed E-state index contributed by atoms with van der Waals surface area (Å²) in [6.45, 7) is 2.08. The number of rotatable bonds is 5. The van der Waals surface area contributed by atoms with Gasteiger partial charge in [-0.25, -0.2) is 15.0 Å². The van der Waals surface area contributed by atoms with E-state index >= 15 is 0 Å². The summed E-state index contributed by atoms with van der Waals surface area (Å²) in [6.07, 6.45) is 0.809. The third-order valence-corrected chi connectivity index (χ3v) is 6.30. The minimum Gasteiger partial charge on any atom is -0.383 e. The number of hydrogen-bond acceptors (Lipinski definition) is 6. The van der Waals surface area contributed by atoms with Gasteiger partial charge >= 0.3 is 0 Å². The summed E-state index contributed by atoms with van der Waals surface area (Å²) in [6, 6.07) is 23.0. The molecule has 0 unspecified atom stereocenters. The molecule has 6 nitrogen and oxygen atoms in total. The highest BCUT2D eigenvalue weighted by Crippen LogP contribution is 2.27. The highest BCUT2D eigenvalue weighted by Gasteiger charge is 2.16. The van der Waals surface area contributed by atoms with Crippen LogP contribution in [-0.2, 0) is 12.2 Å². The van der Waals surface area contributed by atoms with Crippen molar-refractivity contribution in [2.24, 2.45) is 0 Å². The van der Waals surface area contributed by atoms with Crippen LogP contribution < -0.4 is 11.3 Å². The maximum atomic E-state index is 13.5. The van der Waals surface area contributed by atoms with Crippen LogP contribution in [0.4, 0.5) is 5.82 Å². The smallest absolute Gasteiger partial charge is 0.266 e. The van der Waals surface area contributed by atoms with Crippen molar-refractivity contribution < 1.29 is 0 Å². The zero-order valence-electron chi connectivity index (χ0n) is 17.5. The van der Waals surface area contributed by atoms with Gasteiger partial charge in [0.05, 0.1) is 27.9 Å². The number of benzene rings is 3. The fourth-order valence-corrected chi connectivity index (χ4v) is 4.65. The van der Waals surface area contributed by atoms with Crippen molar-refractivity contribution in [1.29, 1.82) is 0 Å². The van der Waals surface area contributed by atoms with Crippen LogP contribution in [0.2, 0.25) is 0 Å². The van der Waals surface area contributed by atoms with E-state index in [9.17, 15) is 4.79 Å². The van der Waals surface area contributed by atoms with Crippen molar-refractivity contribution in [3.05, 3.63) is 94.5 Å². The average molecular weight is 440 g/mol. The topological polar surface area (TPSA) is 86.7 Å². The monoisotopic (exact) mass is 439 g/mol. The van der Waals surface area contributed by atoms with E-state index in [1.54, 1.807) is 4.57 Å². The van der Waals surface area contributed by atoms with Gasteiger partial charge in [0.1, 0.15) is 11.6 Å². The summed E-state index contributed by atoms with van der Waals surface area (Å²) >= 11 is 1.43. The highest BCUT2D eigenvalue weighted by atomic mass is 32.2. The normalized spacial score (nSPS) is 11.3. The molecule has 2 heterocycles. The fourth-order valence-electron chi connectivity index (χ4n) is 3.79. The van der Waals surface area contributed by atoms with Crippen molar-refractivity contribution >= 4 is 39.4 Å². The van der Waals surface area contributed by atoms with Gasteiger partial charge in [0.15, 0.2) is 5.16 Å². The second kappa shape index (κ2) is 8.43. The van der Waals surface area contributed by atoms with E-state index in [0.29, 0.717) is 33.5 Å². The van der Waals surface area contributed by atoms with Crippen molar-refractivity contribution in [2.45, 2.75) is 24.3 Å². The van der Waals surface area contributed by atoms with Gasteiger partial charge in [-0.05, 0) is 42.3 Å². The van der Waals surface area contributed by atoms with Gasteiger partial charge in [-0.15, -0.1) is 0 Å². The van der Waals surface area contributed by atoms with Gasteiger partial charge in [0, 0.05) is 5.39 Å². The van der Waals surface area contributed by atoms with Crippen LogP contribution in [0.5, 0.6) is 0 Å². The molecule has 0 saturated heterocycles. The molecule has 2 aromatic heterocycles. The fraction of sp³-hybridized carbons (Fsp3) is 0.120. The lowest BCUT2D eigenvalue weighted by atomic mass is 10.1. The van der Waals surface area contributed by atoms with Gasteiger partial charge in [-0.2, -0.15) is 0 Å². The number of fused-ring (bicyclic) bond motifs is 2. The Hall–Kier alpha value is -3.71. The van der Waals surface area contributed by atoms with Crippen LogP contribution in [0.3, 0.4) is 0 Å². The molecular formula is C25H21N5OS. The zero-order valence-corrected chi connectivity index (χ0v) is 18.3. The number of nitrogens with two attached hydrogens (primary N) is 1. The Kier molecular flexibility index (Phi) is 5.33. The zero-order chi connectivity index (χ0) is 22.1. The van der Waals surface area contributed by atoms with Gasteiger partial charge in [-0.3, -0.25) is 9.36 Å². The second-order valence-electron chi connectivity index (χ2n) is 7.37. The number of aryl methyl sites for hydroxylation is 1. The van der Waals surface area contributed by atoms with E-state index < -0.39 is 0 Å². The first kappa shape index (κ1) is 20.2. The summed E-state index contributed by atoms with van der Waals surface area (Å²) in [4.78, 5) is 27.5. The standard InChI is InChI=1S/C25H21N5OS/c1-2-16-9-3-8-14-21(16)30-24(31)18-11-5-7-13-20(18)28-25(30)32-15-22-27-19-12-6-4-10-17(19)23(26)29-22/h3-14H,2,15H2,1H3,(H2,26,27,29). The molecule has 0 spiro atoms. The third kappa shape index (κ3) is 3.61. The molecular weight excluding hydrogens is 418 g/mol. The van der Waals surface area contributed by atoms with Crippen molar-refractivity contribution in [3.63, 3.8) is 0 Å². The lowest BCUT2D eigenvalue weighted by Gasteiger charge is -2.16. The van der Waals surface area contributed by atoms with Crippen molar-refractivity contribution in [3.8, 4) is 5.69 Å². The predicted molar refractivity (Wildman–Crippen MR) is 130 cm³/mol. The molecule has 0 fully saturated rings. The van der Waals surface area contributed by atoms with Crippen LogP contribution in [0.25, 0.3) is 27.5 Å². The van der Waals surface area contributed by atoms with Crippen LogP contribution in [0.15, 0.2) is 82.7 Å². The summed E-state index contributed by atoms with van der Waals surface area (Å²) in [5.74, 6) is 1.49. The first-order chi connectivity index (χ1) is 15.7. The quantitative estimate of drug-likeness (QED) is 0.314. The first-order valence-corrected chi connectivity index (χ1v) is 11.4. The van der Waals surface area contributed by atoms with E-state index in [1.165, 1.54) is 11.8 Å². The Morgan fingerprint density at radius 3 is 2.28 bits per heavy atom. The van der Waals surface area contributed by atoms with Crippen molar-refractivity contribution in [2.75, 3.05) is 5.73 Å². The first-order valence-electron chi connectivity index (χ1n) is 10.4. The highest BCUT2D eigenvalue weighted by molar-refractivity contribution is 7.98. The van der Waals surface area contributed by atoms with E-state index in [1.807, 2.05) is 72.8 Å². The number of hydrogen-bond donors (Lipinski definition) is 1. The summed E-state index contributed by atoms with van der Waals surface area (Å²) in [5.41, 5.74) is 9.47. The molecule has 0 aliphatic rings. The van der Waals surface area contributed by atoms with Crippen molar-refractivity contribution in [1.82, 2.24) is 19.5 Å². The summed E-state index contributed by atoms with van der Waals surface area (Å²) in [5, 5.41) is 2.03. The molecule has 5 aromatic rings. The number of nitrogen functional groups attached to an aromatic ring is 1. The van der Waals surface area contributed by atoms with Gasteiger partial charge in [0.25, 0.3) is 5.56 Å². The average Bonchev–Trinajstić information content (AvgIpc) is 2.83. The molecule has 0 aliphatic carbocycles. The molecule has 0 atom stereocenters. The lowest BCUT2D eigenvalue weighted by molar-refractivity contribution is 0.807. The number of nitrogens with zero attached hydrogens (tertiary/aromatic N) is 4. The van der Waals surface area contributed by atoms with E-state index in [0.717, 1.165) is 28.6 Å². The Balaban J connectivity index is 1.63. The number of thioether (sulfide) groups is 1.